The first-order valence-corrected chi connectivity index (χ1v) is 7.20. The van der Waals surface area contributed by atoms with Crippen LogP contribution in [0.15, 0.2) is 6.07 Å². The molecule has 0 atom stereocenters. The summed E-state index contributed by atoms with van der Waals surface area (Å²) in [5, 5.41) is 4.40. The van der Waals surface area contributed by atoms with Crippen molar-refractivity contribution in [3.8, 4) is 5.82 Å². The molecule has 0 radical (unpaired) electrons. The molecule has 1 aliphatic rings. The highest BCUT2D eigenvalue weighted by atomic mass is 32.1. The fraction of sp³-hybridized carbons (Fsp3) is 0.429. The summed E-state index contributed by atoms with van der Waals surface area (Å²) in [6.07, 6.45) is 4.44. The number of pyridine rings is 1. The number of nitrogens with two attached hydrogens (primary N) is 1. The lowest BCUT2D eigenvalue weighted by Gasteiger charge is -2.18. The summed E-state index contributed by atoms with van der Waals surface area (Å²) in [4.78, 5) is 9.45. The fourth-order valence-corrected chi connectivity index (χ4v) is 2.84. The average molecular weight is 287 g/mol. The Hall–Kier alpha value is -1.82. The van der Waals surface area contributed by atoms with Crippen LogP contribution in [0.1, 0.15) is 41.3 Å². The molecule has 6 heteroatoms. The molecule has 2 aromatic rings. The van der Waals surface area contributed by atoms with E-state index in [0.29, 0.717) is 10.8 Å². The van der Waals surface area contributed by atoms with Crippen LogP contribution in [0.3, 0.4) is 0 Å². The molecule has 2 heterocycles. The Morgan fingerprint density at radius 3 is 2.65 bits per heavy atom. The molecule has 0 amide bonds. The number of fused-ring (bicyclic) bond motifs is 1. The molecule has 0 aromatic carbocycles. The quantitative estimate of drug-likeness (QED) is 0.853. The molecule has 3 rings (SSSR count). The van der Waals surface area contributed by atoms with Crippen LogP contribution >= 0.6 is 12.2 Å². The standard InChI is InChI=1S/C14H17N5S/c1-8-16-9(2)19(18-8)14-11(13(15)20)7-10-5-3-4-6-12(10)17-14/h7H,3-6H2,1-2H3,(H2,15,20). The highest BCUT2D eigenvalue weighted by Gasteiger charge is 2.19. The van der Waals surface area contributed by atoms with Crippen LogP contribution in [0.4, 0.5) is 0 Å². The van der Waals surface area contributed by atoms with Crippen molar-refractivity contribution in [3.05, 3.63) is 34.5 Å². The maximum atomic E-state index is 5.87. The van der Waals surface area contributed by atoms with E-state index in [-0.39, 0.29) is 0 Å². The number of nitrogens with zero attached hydrogens (tertiary/aromatic N) is 4. The first-order valence-electron chi connectivity index (χ1n) is 6.79. The molecule has 0 fully saturated rings. The molecule has 1 aliphatic carbocycles. The topological polar surface area (TPSA) is 69.6 Å². The van der Waals surface area contributed by atoms with Gasteiger partial charge in [0.05, 0.1) is 5.56 Å². The van der Waals surface area contributed by atoms with Crippen LogP contribution in [0, 0.1) is 13.8 Å². The maximum Gasteiger partial charge on any atom is 0.166 e. The van der Waals surface area contributed by atoms with Crippen LogP contribution in [-0.4, -0.2) is 24.7 Å². The molecule has 0 unspecified atom stereocenters. The summed E-state index contributed by atoms with van der Waals surface area (Å²) in [7, 11) is 0. The summed E-state index contributed by atoms with van der Waals surface area (Å²) >= 11 is 5.18. The largest absolute Gasteiger partial charge is 0.389 e. The van der Waals surface area contributed by atoms with Gasteiger partial charge in [-0.25, -0.2) is 9.97 Å². The van der Waals surface area contributed by atoms with Gasteiger partial charge in [-0.2, -0.15) is 4.68 Å². The molecular formula is C14H17N5S. The summed E-state index contributed by atoms with van der Waals surface area (Å²) in [5.74, 6) is 2.22. The third kappa shape index (κ3) is 2.20. The second kappa shape index (κ2) is 4.94. The Morgan fingerprint density at radius 1 is 1.25 bits per heavy atom. The van der Waals surface area contributed by atoms with E-state index < -0.39 is 0 Å². The van der Waals surface area contributed by atoms with Gasteiger partial charge in [-0.05, 0) is 51.2 Å². The molecule has 0 saturated carbocycles. The minimum absolute atomic E-state index is 0.355. The minimum Gasteiger partial charge on any atom is -0.389 e. The van der Waals surface area contributed by atoms with E-state index >= 15 is 0 Å². The van der Waals surface area contributed by atoms with E-state index in [1.165, 1.54) is 18.4 Å². The van der Waals surface area contributed by atoms with E-state index in [2.05, 4.69) is 16.1 Å². The van der Waals surface area contributed by atoms with Gasteiger partial charge in [-0.3, -0.25) is 0 Å². The summed E-state index contributed by atoms with van der Waals surface area (Å²) in [5.41, 5.74) is 9.06. The Kier molecular flexibility index (Phi) is 3.25. The van der Waals surface area contributed by atoms with Crippen molar-refractivity contribution in [2.24, 2.45) is 5.73 Å². The van der Waals surface area contributed by atoms with Gasteiger partial charge in [0.25, 0.3) is 0 Å². The highest BCUT2D eigenvalue weighted by molar-refractivity contribution is 7.80. The van der Waals surface area contributed by atoms with Crippen molar-refractivity contribution >= 4 is 17.2 Å². The van der Waals surface area contributed by atoms with Crippen LogP contribution in [0.25, 0.3) is 5.82 Å². The lowest BCUT2D eigenvalue weighted by molar-refractivity contribution is 0.660. The van der Waals surface area contributed by atoms with Gasteiger partial charge in [0.2, 0.25) is 0 Å². The van der Waals surface area contributed by atoms with Crippen molar-refractivity contribution in [2.45, 2.75) is 39.5 Å². The van der Waals surface area contributed by atoms with Gasteiger partial charge in [0, 0.05) is 5.69 Å². The van der Waals surface area contributed by atoms with Gasteiger partial charge >= 0.3 is 0 Å². The number of hydrogen-bond donors (Lipinski definition) is 1. The van der Waals surface area contributed by atoms with E-state index in [9.17, 15) is 0 Å². The number of aryl methyl sites for hydroxylation is 4. The predicted molar refractivity (Wildman–Crippen MR) is 81.2 cm³/mol. The zero-order valence-electron chi connectivity index (χ0n) is 11.7. The lowest BCUT2D eigenvalue weighted by Crippen LogP contribution is -2.19. The molecule has 20 heavy (non-hydrogen) atoms. The second-order valence-corrected chi connectivity index (χ2v) is 5.59. The highest BCUT2D eigenvalue weighted by Crippen LogP contribution is 2.24. The van der Waals surface area contributed by atoms with Gasteiger partial charge in [-0.1, -0.05) is 12.2 Å². The fourth-order valence-electron chi connectivity index (χ4n) is 2.69. The third-order valence-electron chi connectivity index (χ3n) is 3.62. The Labute approximate surface area is 123 Å². The Balaban J connectivity index is 2.22. The van der Waals surface area contributed by atoms with Gasteiger partial charge in [-0.15, -0.1) is 5.10 Å². The second-order valence-electron chi connectivity index (χ2n) is 5.15. The number of rotatable bonds is 2. The van der Waals surface area contributed by atoms with E-state index in [0.717, 1.165) is 35.7 Å². The lowest BCUT2D eigenvalue weighted by atomic mass is 9.94. The smallest absolute Gasteiger partial charge is 0.166 e. The average Bonchev–Trinajstić information content (AvgIpc) is 2.76. The zero-order valence-corrected chi connectivity index (χ0v) is 12.5. The number of thiocarbonyl (C=S) groups is 1. The van der Waals surface area contributed by atoms with Crippen LogP contribution in [-0.2, 0) is 12.8 Å². The summed E-state index contributed by atoms with van der Waals surface area (Å²) in [6, 6.07) is 2.08. The Morgan fingerprint density at radius 2 is 2.00 bits per heavy atom. The van der Waals surface area contributed by atoms with E-state index in [4.69, 9.17) is 22.9 Å². The maximum absolute atomic E-state index is 5.87. The molecule has 2 N–H and O–H groups in total. The third-order valence-corrected chi connectivity index (χ3v) is 3.84. The molecule has 0 spiro atoms. The molecule has 2 aromatic heterocycles. The molecule has 104 valence electrons. The molecule has 0 bridgehead atoms. The van der Waals surface area contributed by atoms with Gasteiger partial charge in [0.15, 0.2) is 5.82 Å². The van der Waals surface area contributed by atoms with Crippen molar-refractivity contribution in [2.75, 3.05) is 0 Å². The summed E-state index contributed by atoms with van der Waals surface area (Å²) in [6.45, 7) is 3.77. The van der Waals surface area contributed by atoms with Crippen LogP contribution in [0.2, 0.25) is 0 Å². The minimum atomic E-state index is 0.355. The molecule has 0 saturated heterocycles. The predicted octanol–water partition coefficient (Wildman–Crippen LogP) is 1.79. The summed E-state index contributed by atoms with van der Waals surface area (Å²) < 4.78 is 1.73. The zero-order chi connectivity index (χ0) is 14.3. The van der Waals surface area contributed by atoms with E-state index in [1.807, 2.05) is 13.8 Å². The Bertz CT molecular complexity index is 689. The first-order chi connectivity index (χ1) is 9.56. The molecule has 5 nitrogen and oxygen atoms in total. The molecular weight excluding hydrogens is 270 g/mol. The van der Waals surface area contributed by atoms with Crippen LogP contribution in [0.5, 0.6) is 0 Å². The van der Waals surface area contributed by atoms with Crippen molar-refractivity contribution in [1.29, 1.82) is 0 Å². The molecule has 0 aliphatic heterocycles. The SMILES string of the molecule is Cc1nc(C)n(-c2nc3c(cc2C(N)=S)CCCC3)n1. The van der Waals surface area contributed by atoms with Crippen molar-refractivity contribution in [3.63, 3.8) is 0 Å². The first kappa shape index (κ1) is 13.2. The number of aromatic nitrogens is 4. The monoisotopic (exact) mass is 287 g/mol. The van der Waals surface area contributed by atoms with Crippen molar-refractivity contribution < 1.29 is 0 Å². The van der Waals surface area contributed by atoms with Crippen molar-refractivity contribution in [1.82, 2.24) is 19.7 Å². The van der Waals surface area contributed by atoms with Crippen LogP contribution < -0.4 is 5.73 Å². The normalized spacial score (nSPS) is 14.1. The number of hydrogen-bond acceptors (Lipinski definition) is 4. The van der Waals surface area contributed by atoms with E-state index in [1.54, 1.807) is 4.68 Å². The van der Waals surface area contributed by atoms with Gasteiger partial charge < -0.3 is 5.73 Å². The van der Waals surface area contributed by atoms with Gasteiger partial charge in [0.1, 0.15) is 16.6 Å².